The number of pyridine rings is 1. The van der Waals surface area contributed by atoms with Crippen molar-refractivity contribution in [3.8, 4) is 5.75 Å². The molecule has 0 unspecified atom stereocenters. The van der Waals surface area contributed by atoms with E-state index in [2.05, 4.69) is 41.8 Å². The third-order valence-electron chi connectivity index (χ3n) is 3.79. The largest absolute Gasteiger partial charge is 0.496 e. The van der Waals surface area contributed by atoms with Gasteiger partial charge in [0.05, 0.1) is 20.2 Å². The third-order valence-corrected chi connectivity index (χ3v) is 4.29. The van der Waals surface area contributed by atoms with Crippen molar-refractivity contribution in [3.63, 3.8) is 0 Å². The van der Waals surface area contributed by atoms with Crippen LogP contribution in [-0.2, 0) is 13.1 Å². The van der Waals surface area contributed by atoms with E-state index >= 15 is 0 Å². The van der Waals surface area contributed by atoms with Crippen LogP contribution < -0.4 is 15.4 Å². The average molecular weight is 417 g/mol. The first-order valence-corrected chi connectivity index (χ1v) is 9.13. The van der Waals surface area contributed by atoms with Crippen molar-refractivity contribution in [3.05, 3.63) is 58.5 Å². The Labute approximate surface area is 160 Å². The van der Waals surface area contributed by atoms with Crippen molar-refractivity contribution in [2.45, 2.75) is 20.0 Å². The van der Waals surface area contributed by atoms with E-state index in [0.29, 0.717) is 19.0 Å². The molecule has 0 aliphatic rings. The molecule has 0 saturated heterocycles. The van der Waals surface area contributed by atoms with Crippen molar-refractivity contribution in [2.24, 2.45) is 4.99 Å². The second-order valence-corrected chi connectivity index (χ2v) is 6.47. The van der Waals surface area contributed by atoms with Crippen LogP contribution in [0.15, 0.2) is 52.1 Å². The number of aliphatic imine (C=N–C) groups is 1. The summed E-state index contributed by atoms with van der Waals surface area (Å²) in [6, 6.07) is 11.7. The van der Waals surface area contributed by atoms with Gasteiger partial charge in [0.2, 0.25) is 0 Å². The number of nitrogens with one attached hydrogen (secondary N) is 2. The van der Waals surface area contributed by atoms with Gasteiger partial charge in [0.15, 0.2) is 17.4 Å². The van der Waals surface area contributed by atoms with Crippen molar-refractivity contribution in [1.82, 2.24) is 25.2 Å². The average Bonchev–Trinajstić information content (AvgIpc) is 3.07. The van der Waals surface area contributed by atoms with Crippen LogP contribution in [0.4, 0.5) is 0 Å². The van der Waals surface area contributed by atoms with Gasteiger partial charge in [-0.3, -0.25) is 4.40 Å². The fourth-order valence-electron chi connectivity index (χ4n) is 2.55. The van der Waals surface area contributed by atoms with Gasteiger partial charge in [-0.15, -0.1) is 10.2 Å². The van der Waals surface area contributed by atoms with Gasteiger partial charge in [-0.2, -0.15) is 0 Å². The predicted molar refractivity (Wildman–Crippen MR) is 105 cm³/mol. The summed E-state index contributed by atoms with van der Waals surface area (Å²) in [6.07, 6.45) is 1.95. The number of guanidine groups is 1. The fraction of sp³-hybridized carbons (Fsp3) is 0.278. The van der Waals surface area contributed by atoms with Gasteiger partial charge < -0.3 is 15.4 Å². The smallest absolute Gasteiger partial charge is 0.191 e. The zero-order valence-electron chi connectivity index (χ0n) is 14.7. The SMILES string of the molecule is CCNC(=NCc1cc(Br)ccc1OC)NCc1nnc2ccccn12. The number of nitrogens with zero attached hydrogens (tertiary/aromatic N) is 4. The molecule has 0 saturated carbocycles. The Morgan fingerprint density at radius 3 is 2.92 bits per heavy atom. The van der Waals surface area contributed by atoms with Crippen LogP contribution in [-0.4, -0.2) is 34.2 Å². The summed E-state index contributed by atoms with van der Waals surface area (Å²) in [7, 11) is 1.66. The Bertz CT molecular complexity index is 908. The molecule has 0 amide bonds. The fourth-order valence-corrected chi connectivity index (χ4v) is 2.96. The molecule has 0 aliphatic carbocycles. The highest BCUT2D eigenvalue weighted by Crippen LogP contribution is 2.23. The lowest BCUT2D eigenvalue weighted by Crippen LogP contribution is -2.37. The first-order valence-electron chi connectivity index (χ1n) is 8.34. The van der Waals surface area contributed by atoms with E-state index in [1.807, 2.05) is 53.9 Å². The number of fused-ring (bicyclic) bond motifs is 1. The zero-order chi connectivity index (χ0) is 18.4. The van der Waals surface area contributed by atoms with E-state index in [4.69, 9.17) is 4.74 Å². The summed E-state index contributed by atoms with van der Waals surface area (Å²) < 4.78 is 8.36. The molecule has 1 aromatic carbocycles. The predicted octanol–water partition coefficient (Wildman–Crippen LogP) is 2.76. The molecule has 3 aromatic rings. The van der Waals surface area contributed by atoms with E-state index in [1.54, 1.807) is 7.11 Å². The molecular weight excluding hydrogens is 396 g/mol. The minimum absolute atomic E-state index is 0.499. The Balaban J connectivity index is 1.72. The lowest BCUT2D eigenvalue weighted by molar-refractivity contribution is 0.409. The molecule has 3 rings (SSSR count). The summed E-state index contributed by atoms with van der Waals surface area (Å²) in [5, 5.41) is 14.9. The summed E-state index contributed by atoms with van der Waals surface area (Å²) in [5.41, 5.74) is 1.83. The Hall–Kier alpha value is -2.61. The molecule has 0 aliphatic heterocycles. The highest BCUT2D eigenvalue weighted by molar-refractivity contribution is 9.10. The highest BCUT2D eigenvalue weighted by Gasteiger charge is 2.07. The van der Waals surface area contributed by atoms with Gasteiger partial charge in [0, 0.05) is 22.8 Å². The van der Waals surface area contributed by atoms with Gasteiger partial charge >= 0.3 is 0 Å². The van der Waals surface area contributed by atoms with Crippen LogP contribution >= 0.6 is 15.9 Å². The monoisotopic (exact) mass is 416 g/mol. The number of methoxy groups -OCH3 is 1. The van der Waals surface area contributed by atoms with E-state index in [0.717, 1.165) is 33.8 Å². The van der Waals surface area contributed by atoms with Crippen LogP contribution in [0.5, 0.6) is 5.75 Å². The Morgan fingerprint density at radius 1 is 1.23 bits per heavy atom. The minimum Gasteiger partial charge on any atom is -0.496 e. The number of aromatic nitrogens is 3. The number of hydrogen-bond donors (Lipinski definition) is 2. The number of hydrogen-bond acceptors (Lipinski definition) is 4. The highest BCUT2D eigenvalue weighted by atomic mass is 79.9. The zero-order valence-corrected chi connectivity index (χ0v) is 16.3. The summed E-state index contributed by atoms with van der Waals surface area (Å²) >= 11 is 3.49. The van der Waals surface area contributed by atoms with Gasteiger partial charge in [-0.25, -0.2) is 4.99 Å². The lowest BCUT2D eigenvalue weighted by atomic mass is 10.2. The summed E-state index contributed by atoms with van der Waals surface area (Å²) in [5.74, 6) is 2.35. The van der Waals surface area contributed by atoms with Crippen molar-refractivity contribution in [1.29, 1.82) is 0 Å². The molecule has 2 aromatic heterocycles. The van der Waals surface area contributed by atoms with Crippen molar-refractivity contribution >= 4 is 27.5 Å². The maximum Gasteiger partial charge on any atom is 0.191 e. The van der Waals surface area contributed by atoms with Gasteiger partial charge in [-0.05, 0) is 37.3 Å². The van der Waals surface area contributed by atoms with Crippen LogP contribution in [0.1, 0.15) is 18.3 Å². The lowest BCUT2D eigenvalue weighted by Gasteiger charge is -2.12. The number of benzene rings is 1. The molecule has 136 valence electrons. The molecule has 0 radical (unpaired) electrons. The topological polar surface area (TPSA) is 75.8 Å². The molecule has 26 heavy (non-hydrogen) atoms. The number of halogens is 1. The van der Waals surface area contributed by atoms with E-state index in [1.165, 1.54) is 0 Å². The first-order chi connectivity index (χ1) is 12.7. The van der Waals surface area contributed by atoms with Gasteiger partial charge in [-0.1, -0.05) is 22.0 Å². The third kappa shape index (κ3) is 4.32. The molecule has 8 heteroatoms. The first kappa shape index (κ1) is 18.2. The molecule has 0 bridgehead atoms. The summed E-state index contributed by atoms with van der Waals surface area (Å²) in [4.78, 5) is 4.65. The minimum atomic E-state index is 0.499. The molecule has 2 N–H and O–H groups in total. The van der Waals surface area contributed by atoms with Gasteiger partial charge in [0.1, 0.15) is 5.75 Å². The number of ether oxygens (including phenoxy) is 1. The molecular formula is C18H21BrN6O. The standard InChI is InChI=1S/C18H21BrN6O/c1-3-20-18(21-11-13-10-14(19)7-8-15(13)26-2)22-12-17-24-23-16-6-4-5-9-25(16)17/h4-10H,3,11-12H2,1-2H3,(H2,20,21,22). The summed E-state index contributed by atoms with van der Waals surface area (Å²) in [6.45, 7) is 3.82. The Kier molecular flexibility index (Phi) is 6.06. The van der Waals surface area contributed by atoms with Crippen LogP contribution in [0.3, 0.4) is 0 Å². The normalized spacial score (nSPS) is 11.6. The maximum absolute atomic E-state index is 5.41. The van der Waals surface area contributed by atoms with Crippen molar-refractivity contribution < 1.29 is 4.74 Å². The second-order valence-electron chi connectivity index (χ2n) is 5.55. The maximum atomic E-state index is 5.41. The quantitative estimate of drug-likeness (QED) is 0.477. The molecule has 2 heterocycles. The van der Waals surface area contributed by atoms with E-state index in [-0.39, 0.29) is 0 Å². The van der Waals surface area contributed by atoms with Crippen LogP contribution in [0.25, 0.3) is 5.65 Å². The molecule has 0 atom stereocenters. The van der Waals surface area contributed by atoms with Crippen molar-refractivity contribution in [2.75, 3.05) is 13.7 Å². The van der Waals surface area contributed by atoms with E-state index < -0.39 is 0 Å². The molecule has 0 fully saturated rings. The van der Waals surface area contributed by atoms with Gasteiger partial charge in [0.25, 0.3) is 0 Å². The molecule has 0 spiro atoms. The van der Waals surface area contributed by atoms with Crippen LogP contribution in [0.2, 0.25) is 0 Å². The molecule has 7 nitrogen and oxygen atoms in total. The Morgan fingerprint density at radius 2 is 2.12 bits per heavy atom. The number of rotatable bonds is 6. The van der Waals surface area contributed by atoms with Crippen LogP contribution in [0, 0.1) is 0 Å². The van der Waals surface area contributed by atoms with E-state index in [9.17, 15) is 0 Å². The second kappa shape index (κ2) is 8.66.